The standard InChI is InChI=1S/C25H27Cl2N7OS/c1-36-8-6-20(24-31-19-5-4-14(26)9-22(19)33-24)32-23-17-10-18(27)16(11-21(17)29-13-30-23)25(35)34-7-2-3-15(34)12-28/h4-5,9-11,13,15,20H,2-3,6-8,12,28H2,1H3,(H,31,33)(H,29,30,32)/t15-,20?/m1/s1. The molecule has 0 bridgehead atoms. The van der Waals surface area contributed by atoms with Crippen LogP contribution in [-0.4, -0.2) is 61.9 Å². The smallest absolute Gasteiger partial charge is 0.255 e. The summed E-state index contributed by atoms with van der Waals surface area (Å²) < 4.78 is 0. The average Bonchev–Trinajstić information content (AvgIpc) is 3.52. The molecule has 2 atom stereocenters. The van der Waals surface area contributed by atoms with Gasteiger partial charge in [-0.2, -0.15) is 11.8 Å². The second kappa shape index (κ2) is 10.8. The Morgan fingerprint density at radius 2 is 2.14 bits per heavy atom. The van der Waals surface area contributed by atoms with Crippen molar-refractivity contribution in [2.24, 2.45) is 5.73 Å². The Balaban J connectivity index is 1.48. The Hall–Kier alpha value is -2.59. The second-order valence-electron chi connectivity index (χ2n) is 8.86. The first-order valence-electron chi connectivity index (χ1n) is 11.8. The summed E-state index contributed by atoms with van der Waals surface area (Å²) in [5.41, 5.74) is 8.68. The number of nitrogens with two attached hydrogens (primary N) is 1. The lowest BCUT2D eigenvalue weighted by Crippen LogP contribution is -2.40. The molecule has 36 heavy (non-hydrogen) atoms. The number of anilines is 1. The van der Waals surface area contributed by atoms with Crippen molar-refractivity contribution < 1.29 is 4.79 Å². The van der Waals surface area contributed by atoms with Crippen LogP contribution in [0.3, 0.4) is 0 Å². The molecule has 1 aliphatic rings. The molecule has 1 fully saturated rings. The Morgan fingerprint density at radius 1 is 1.28 bits per heavy atom. The van der Waals surface area contributed by atoms with Gasteiger partial charge in [-0.1, -0.05) is 23.2 Å². The number of H-pyrrole nitrogens is 1. The van der Waals surface area contributed by atoms with Crippen LogP contribution in [0, 0.1) is 0 Å². The van der Waals surface area contributed by atoms with Gasteiger partial charge in [0.25, 0.3) is 5.91 Å². The lowest BCUT2D eigenvalue weighted by molar-refractivity contribution is 0.0741. The number of aromatic amines is 1. The molecule has 0 saturated carbocycles. The summed E-state index contributed by atoms with van der Waals surface area (Å²) in [7, 11) is 0. The van der Waals surface area contributed by atoms with Crippen molar-refractivity contribution in [1.29, 1.82) is 0 Å². The molecule has 4 aromatic rings. The SMILES string of the molecule is CSCCC(Nc1ncnc2cc(C(=O)N3CCC[C@@H]3CN)c(Cl)cc12)c1nc2ccc(Cl)cc2[nH]1. The third-order valence-electron chi connectivity index (χ3n) is 6.58. The van der Waals surface area contributed by atoms with Gasteiger partial charge < -0.3 is 20.9 Å². The summed E-state index contributed by atoms with van der Waals surface area (Å²) in [5, 5.41) is 5.29. The second-order valence-corrected chi connectivity index (χ2v) is 10.7. The van der Waals surface area contributed by atoms with Gasteiger partial charge in [-0.3, -0.25) is 4.79 Å². The minimum absolute atomic E-state index is 0.0442. The molecule has 1 aliphatic heterocycles. The molecule has 2 aromatic heterocycles. The highest BCUT2D eigenvalue weighted by Gasteiger charge is 2.30. The molecule has 1 amide bonds. The number of benzene rings is 2. The number of halogens is 2. The molecule has 0 spiro atoms. The number of hydrogen-bond donors (Lipinski definition) is 3. The quantitative estimate of drug-likeness (QED) is 0.277. The molecule has 1 saturated heterocycles. The van der Waals surface area contributed by atoms with Gasteiger partial charge in [0.15, 0.2) is 0 Å². The monoisotopic (exact) mass is 543 g/mol. The number of fused-ring (bicyclic) bond motifs is 2. The summed E-state index contributed by atoms with van der Waals surface area (Å²) in [5.74, 6) is 2.25. The molecular weight excluding hydrogens is 517 g/mol. The highest BCUT2D eigenvalue weighted by atomic mass is 35.5. The molecule has 4 N–H and O–H groups in total. The van der Waals surface area contributed by atoms with E-state index in [0.717, 1.165) is 47.3 Å². The van der Waals surface area contributed by atoms with Gasteiger partial charge in [0.2, 0.25) is 0 Å². The number of nitrogens with one attached hydrogen (secondary N) is 2. The zero-order valence-corrected chi connectivity index (χ0v) is 22.1. The van der Waals surface area contributed by atoms with Crippen molar-refractivity contribution in [2.45, 2.75) is 31.3 Å². The summed E-state index contributed by atoms with van der Waals surface area (Å²) >= 11 is 14.6. The maximum atomic E-state index is 13.3. The highest BCUT2D eigenvalue weighted by Crippen LogP contribution is 2.32. The largest absolute Gasteiger partial charge is 0.359 e. The number of imidazole rings is 1. The first kappa shape index (κ1) is 25.1. The van der Waals surface area contributed by atoms with Crippen LogP contribution in [0.4, 0.5) is 5.82 Å². The summed E-state index contributed by atoms with van der Waals surface area (Å²) in [6, 6.07) is 9.03. The predicted molar refractivity (Wildman–Crippen MR) is 148 cm³/mol. The highest BCUT2D eigenvalue weighted by molar-refractivity contribution is 7.98. The lowest BCUT2D eigenvalue weighted by atomic mass is 10.1. The van der Waals surface area contributed by atoms with E-state index in [1.54, 1.807) is 23.9 Å². The van der Waals surface area contributed by atoms with E-state index in [0.29, 0.717) is 40.0 Å². The molecule has 8 nitrogen and oxygen atoms in total. The number of aromatic nitrogens is 4. The molecule has 0 aliphatic carbocycles. The van der Waals surface area contributed by atoms with E-state index in [2.05, 4.69) is 26.5 Å². The van der Waals surface area contributed by atoms with Crippen LogP contribution in [0.15, 0.2) is 36.7 Å². The van der Waals surface area contributed by atoms with Crippen LogP contribution in [0.2, 0.25) is 10.0 Å². The zero-order chi connectivity index (χ0) is 25.2. The average molecular weight is 545 g/mol. The Bertz CT molecular complexity index is 1410. The third-order valence-corrected chi connectivity index (χ3v) is 7.77. The van der Waals surface area contributed by atoms with Crippen LogP contribution in [-0.2, 0) is 0 Å². The number of amides is 1. The topological polar surface area (TPSA) is 113 Å². The van der Waals surface area contributed by atoms with E-state index < -0.39 is 0 Å². The molecule has 11 heteroatoms. The zero-order valence-electron chi connectivity index (χ0n) is 19.8. The van der Waals surface area contributed by atoms with Crippen molar-refractivity contribution in [3.8, 4) is 0 Å². The van der Waals surface area contributed by atoms with Crippen LogP contribution in [0.25, 0.3) is 21.9 Å². The number of carbonyl (C=O) groups excluding carboxylic acids is 1. The number of hydrogen-bond acceptors (Lipinski definition) is 7. The fourth-order valence-electron chi connectivity index (χ4n) is 4.70. The molecule has 3 heterocycles. The van der Waals surface area contributed by atoms with Gasteiger partial charge in [-0.05, 0) is 61.6 Å². The van der Waals surface area contributed by atoms with Crippen LogP contribution < -0.4 is 11.1 Å². The molecule has 0 radical (unpaired) electrons. The molecule has 2 aromatic carbocycles. The van der Waals surface area contributed by atoms with E-state index in [1.807, 2.05) is 23.1 Å². The summed E-state index contributed by atoms with van der Waals surface area (Å²) in [6.45, 7) is 1.13. The summed E-state index contributed by atoms with van der Waals surface area (Å²) in [4.78, 5) is 32.2. The minimum Gasteiger partial charge on any atom is -0.359 e. The molecule has 188 valence electrons. The van der Waals surface area contributed by atoms with Crippen molar-refractivity contribution in [3.63, 3.8) is 0 Å². The number of carbonyl (C=O) groups is 1. The number of thioether (sulfide) groups is 1. The fraction of sp³-hybridized carbons (Fsp3) is 0.360. The van der Waals surface area contributed by atoms with Crippen molar-refractivity contribution >= 4 is 68.6 Å². The number of nitrogens with zero attached hydrogens (tertiary/aromatic N) is 4. The predicted octanol–water partition coefficient (Wildman–Crippen LogP) is 5.28. The van der Waals surface area contributed by atoms with Crippen LogP contribution >= 0.6 is 35.0 Å². The van der Waals surface area contributed by atoms with Gasteiger partial charge >= 0.3 is 0 Å². The number of likely N-dealkylation sites (tertiary alicyclic amines) is 1. The van der Waals surface area contributed by atoms with Crippen LogP contribution in [0.5, 0.6) is 0 Å². The van der Waals surface area contributed by atoms with Crippen molar-refractivity contribution in [2.75, 3.05) is 30.4 Å². The van der Waals surface area contributed by atoms with E-state index in [9.17, 15) is 4.79 Å². The molecular formula is C25H27Cl2N7OS. The van der Waals surface area contributed by atoms with E-state index in [1.165, 1.54) is 6.33 Å². The van der Waals surface area contributed by atoms with Gasteiger partial charge in [-0.25, -0.2) is 15.0 Å². The van der Waals surface area contributed by atoms with Crippen molar-refractivity contribution in [3.05, 3.63) is 58.1 Å². The van der Waals surface area contributed by atoms with E-state index >= 15 is 0 Å². The maximum absolute atomic E-state index is 13.3. The Labute approximate surface area is 223 Å². The third kappa shape index (κ3) is 4.98. The van der Waals surface area contributed by atoms with Gasteiger partial charge in [0.05, 0.1) is 33.2 Å². The van der Waals surface area contributed by atoms with Gasteiger partial charge in [-0.15, -0.1) is 0 Å². The van der Waals surface area contributed by atoms with Crippen molar-refractivity contribution in [1.82, 2.24) is 24.8 Å². The van der Waals surface area contributed by atoms with E-state index in [-0.39, 0.29) is 18.0 Å². The molecule has 5 rings (SSSR count). The first-order valence-corrected chi connectivity index (χ1v) is 14.0. The Kier molecular flexibility index (Phi) is 7.52. The lowest BCUT2D eigenvalue weighted by Gasteiger charge is -2.24. The maximum Gasteiger partial charge on any atom is 0.255 e. The van der Waals surface area contributed by atoms with Crippen LogP contribution in [0.1, 0.15) is 41.5 Å². The first-order chi connectivity index (χ1) is 17.5. The fourth-order valence-corrected chi connectivity index (χ4v) is 5.59. The molecule has 1 unspecified atom stereocenters. The van der Waals surface area contributed by atoms with Gasteiger partial charge in [0, 0.05) is 29.5 Å². The Morgan fingerprint density at radius 3 is 2.94 bits per heavy atom. The summed E-state index contributed by atoms with van der Waals surface area (Å²) in [6.07, 6.45) is 6.24. The normalized spacial score (nSPS) is 16.7. The van der Waals surface area contributed by atoms with Gasteiger partial charge in [0.1, 0.15) is 18.0 Å². The van der Waals surface area contributed by atoms with E-state index in [4.69, 9.17) is 33.9 Å². The number of rotatable bonds is 8. The minimum atomic E-state index is -0.128.